The lowest BCUT2D eigenvalue weighted by molar-refractivity contribution is 0.191. The van der Waals surface area contributed by atoms with Crippen LogP contribution in [0.5, 0.6) is 17.2 Å². The van der Waals surface area contributed by atoms with Gasteiger partial charge < -0.3 is 19.1 Å². The Hall–Kier alpha value is -3.15. The number of nitrogens with zero attached hydrogens (tertiary/aromatic N) is 2. The fourth-order valence-electron chi connectivity index (χ4n) is 3.87. The largest absolute Gasteiger partial charge is 0.496 e. The summed E-state index contributed by atoms with van der Waals surface area (Å²) >= 11 is 0. The van der Waals surface area contributed by atoms with Gasteiger partial charge in [-0.25, -0.2) is 4.79 Å². The molecular weight excluding hydrogens is 428 g/mol. The molecule has 0 aliphatic carbocycles. The molecule has 0 spiro atoms. The van der Waals surface area contributed by atoms with Gasteiger partial charge in [-0.05, 0) is 36.6 Å². The second-order valence-electron chi connectivity index (χ2n) is 7.88. The summed E-state index contributed by atoms with van der Waals surface area (Å²) in [6.45, 7) is 12.5. The molecule has 2 aromatic rings. The summed E-state index contributed by atoms with van der Waals surface area (Å²) in [6.07, 6.45) is 5.93. The predicted octanol–water partition coefficient (Wildman–Crippen LogP) is 6.77. The molecule has 6 nitrogen and oxygen atoms in total. The number of hydrogen-bond acceptors (Lipinski definition) is 4. The van der Waals surface area contributed by atoms with Crippen molar-refractivity contribution in [1.82, 2.24) is 4.90 Å². The van der Waals surface area contributed by atoms with Crippen LogP contribution in [-0.2, 0) is 6.54 Å². The minimum Gasteiger partial charge on any atom is -0.496 e. The highest BCUT2D eigenvalue weighted by Gasteiger charge is 2.28. The van der Waals surface area contributed by atoms with Crippen molar-refractivity contribution >= 4 is 17.8 Å². The van der Waals surface area contributed by atoms with Crippen molar-refractivity contribution in [1.29, 1.82) is 0 Å². The molecule has 0 bridgehead atoms. The molecule has 0 unspecified atom stereocenters. The maximum Gasteiger partial charge on any atom is 0.324 e. The predicted molar refractivity (Wildman–Crippen MR) is 140 cm³/mol. The molecule has 6 heteroatoms. The first-order chi connectivity index (χ1) is 16.6. The number of anilines is 1. The molecule has 0 atom stereocenters. The molecule has 1 aliphatic heterocycles. The number of urea groups is 1. The van der Waals surface area contributed by atoms with Crippen molar-refractivity contribution in [3.63, 3.8) is 0 Å². The van der Waals surface area contributed by atoms with E-state index < -0.39 is 0 Å². The average Bonchev–Trinajstić information content (AvgIpc) is 2.89. The Bertz CT molecular complexity index is 929. The quantitative estimate of drug-likeness (QED) is 0.341. The first-order valence-electron chi connectivity index (χ1n) is 12.3. The molecule has 3 rings (SSSR count). The van der Waals surface area contributed by atoms with Gasteiger partial charge in [-0.2, -0.15) is 0 Å². The maximum absolute atomic E-state index is 13.3. The molecule has 2 aromatic carbocycles. The number of unbranched alkanes of at least 4 members (excludes halogenated alkanes) is 2. The van der Waals surface area contributed by atoms with E-state index in [0.717, 1.165) is 48.2 Å². The van der Waals surface area contributed by atoms with Crippen LogP contribution in [0.4, 0.5) is 10.5 Å². The highest BCUT2D eigenvalue weighted by molar-refractivity contribution is 5.93. The number of amides is 2. The maximum atomic E-state index is 13.3. The highest BCUT2D eigenvalue weighted by Crippen LogP contribution is 2.34. The minimum atomic E-state index is -0.0202. The van der Waals surface area contributed by atoms with Gasteiger partial charge in [-0.1, -0.05) is 58.4 Å². The Balaban J connectivity index is 0.00000199. The topological polar surface area (TPSA) is 51.2 Å². The van der Waals surface area contributed by atoms with Crippen molar-refractivity contribution in [3.8, 4) is 17.2 Å². The summed E-state index contributed by atoms with van der Waals surface area (Å²) in [6, 6.07) is 11.6. The lowest BCUT2D eigenvalue weighted by atomic mass is 10.1. The van der Waals surface area contributed by atoms with Crippen molar-refractivity contribution in [3.05, 3.63) is 54.1 Å². The van der Waals surface area contributed by atoms with Crippen LogP contribution in [0.2, 0.25) is 0 Å². The van der Waals surface area contributed by atoms with Gasteiger partial charge in [0.25, 0.3) is 0 Å². The van der Waals surface area contributed by atoms with Gasteiger partial charge in [0.1, 0.15) is 5.75 Å². The summed E-state index contributed by atoms with van der Waals surface area (Å²) < 4.78 is 17.0. The molecule has 0 N–H and O–H groups in total. The molecule has 1 fully saturated rings. The van der Waals surface area contributed by atoms with E-state index in [0.29, 0.717) is 37.7 Å². The van der Waals surface area contributed by atoms with Gasteiger partial charge in [-0.15, -0.1) is 0 Å². The minimum absolute atomic E-state index is 0.0202. The van der Waals surface area contributed by atoms with Crippen LogP contribution in [0.1, 0.15) is 57.6 Å². The van der Waals surface area contributed by atoms with Gasteiger partial charge in [0.05, 0.1) is 27.4 Å². The van der Waals surface area contributed by atoms with E-state index in [1.54, 1.807) is 20.3 Å². The zero-order valence-corrected chi connectivity index (χ0v) is 21.4. The first-order valence-corrected chi connectivity index (χ1v) is 12.3. The van der Waals surface area contributed by atoms with Gasteiger partial charge in [-0.3, -0.25) is 4.90 Å². The van der Waals surface area contributed by atoms with Crippen molar-refractivity contribution < 1.29 is 19.0 Å². The smallest absolute Gasteiger partial charge is 0.324 e. The molecule has 1 aliphatic rings. The Morgan fingerprint density at radius 1 is 0.971 bits per heavy atom. The lowest BCUT2D eigenvalue weighted by Crippen LogP contribution is -2.49. The van der Waals surface area contributed by atoms with E-state index in [9.17, 15) is 4.79 Å². The van der Waals surface area contributed by atoms with Gasteiger partial charge >= 0.3 is 6.03 Å². The third kappa shape index (κ3) is 6.92. The standard InChI is InChI=1S/C26H34N2O4.C2H6/c1-5-7-8-16-32-25-18-22(12-13-23(25)30-3)28-15-9-14-27(26(28)29)19-21-11-10-20(6-2)17-24(21)31-4;1-2/h6,10-13,17-18H,2,5,7-9,14-16,19H2,1,3-4H3;1-2H3. The molecular formula is C28H40N2O4. The molecule has 2 amide bonds. The van der Waals surface area contributed by atoms with Crippen LogP contribution in [0.25, 0.3) is 6.08 Å². The summed E-state index contributed by atoms with van der Waals surface area (Å²) in [4.78, 5) is 17.0. The van der Waals surface area contributed by atoms with Crippen LogP contribution in [0.15, 0.2) is 43.0 Å². The number of rotatable bonds is 11. The van der Waals surface area contributed by atoms with Gasteiger partial charge in [0.2, 0.25) is 0 Å². The number of methoxy groups -OCH3 is 2. The van der Waals surface area contributed by atoms with E-state index in [4.69, 9.17) is 14.2 Å². The average molecular weight is 469 g/mol. The molecule has 0 saturated carbocycles. The SMILES string of the molecule is C=Cc1ccc(CN2CCCN(c3ccc(OC)c(OCCCCC)c3)C2=O)c(OC)c1.CC. The second kappa shape index (κ2) is 14.2. The van der Waals surface area contributed by atoms with E-state index in [1.165, 1.54) is 0 Å². The van der Waals surface area contributed by atoms with E-state index in [2.05, 4.69) is 13.5 Å². The van der Waals surface area contributed by atoms with Crippen LogP contribution in [0.3, 0.4) is 0 Å². The number of carbonyl (C=O) groups excluding carboxylic acids is 1. The Kier molecular flexibility index (Phi) is 11.3. The fourth-order valence-corrected chi connectivity index (χ4v) is 3.87. The third-order valence-corrected chi connectivity index (χ3v) is 5.68. The third-order valence-electron chi connectivity index (χ3n) is 5.68. The molecule has 0 radical (unpaired) electrons. The fraction of sp³-hybridized carbons (Fsp3) is 0.464. The lowest BCUT2D eigenvalue weighted by Gasteiger charge is -2.36. The van der Waals surface area contributed by atoms with Crippen LogP contribution in [-0.4, -0.2) is 44.8 Å². The summed E-state index contributed by atoms with van der Waals surface area (Å²) in [7, 11) is 3.28. The number of benzene rings is 2. The molecule has 1 heterocycles. The van der Waals surface area contributed by atoms with Crippen LogP contribution >= 0.6 is 0 Å². The number of carbonyl (C=O) groups is 1. The molecule has 1 saturated heterocycles. The zero-order valence-electron chi connectivity index (χ0n) is 21.4. The van der Waals surface area contributed by atoms with Crippen molar-refractivity contribution in [2.45, 2.75) is 53.0 Å². The Morgan fingerprint density at radius 3 is 2.41 bits per heavy atom. The van der Waals surface area contributed by atoms with E-state index >= 15 is 0 Å². The van der Waals surface area contributed by atoms with E-state index in [-0.39, 0.29) is 6.03 Å². The molecule has 186 valence electrons. The van der Waals surface area contributed by atoms with Gasteiger partial charge in [0, 0.05) is 30.4 Å². The normalized spacial score (nSPS) is 13.1. The van der Waals surface area contributed by atoms with Gasteiger partial charge in [0.15, 0.2) is 11.5 Å². The number of hydrogen-bond donors (Lipinski definition) is 0. The highest BCUT2D eigenvalue weighted by atomic mass is 16.5. The first kappa shape index (κ1) is 27.1. The molecule has 0 aromatic heterocycles. The van der Waals surface area contributed by atoms with Crippen molar-refractivity contribution in [2.24, 2.45) is 0 Å². The Morgan fingerprint density at radius 2 is 1.74 bits per heavy atom. The van der Waals surface area contributed by atoms with Crippen molar-refractivity contribution in [2.75, 3.05) is 38.8 Å². The zero-order chi connectivity index (χ0) is 24.9. The number of ether oxygens (including phenoxy) is 3. The van der Waals surface area contributed by atoms with Crippen LogP contribution in [0, 0.1) is 0 Å². The second-order valence-corrected chi connectivity index (χ2v) is 7.88. The van der Waals surface area contributed by atoms with E-state index in [1.807, 2.05) is 60.0 Å². The summed E-state index contributed by atoms with van der Waals surface area (Å²) in [5, 5.41) is 0. The summed E-state index contributed by atoms with van der Waals surface area (Å²) in [5.74, 6) is 2.12. The summed E-state index contributed by atoms with van der Waals surface area (Å²) in [5.41, 5.74) is 2.78. The van der Waals surface area contributed by atoms with Crippen LogP contribution < -0.4 is 19.1 Å². The Labute approximate surface area is 205 Å². The monoisotopic (exact) mass is 468 g/mol. The molecule has 34 heavy (non-hydrogen) atoms.